The van der Waals surface area contributed by atoms with Gasteiger partial charge in [0.1, 0.15) is 5.75 Å². The highest BCUT2D eigenvalue weighted by Crippen LogP contribution is 2.13. The standard InChI is InChI=1S/C12H14O/c1-12(2,3)8-7-10-5-4-6-11(13)9-10/h4-6,9,13H,1-3H3. The predicted molar refractivity (Wildman–Crippen MR) is 54.4 cm³/mol. The quantitative estimate of drug-likeness (QED) is 0.600. The van der Waals surface area contributed by atoms with Gasteiger partial charge < -0.3 is 5.11 Å². The van der Waals surface area contributed by atoms with Gasteiger partial charge in [0.2, 0.25) is 0 Å². The van der Waals surface area contributed by atoms with E-state index in [2.05, 4.69) is 32.6 Å². The van der Waals surface area contributed by atoms with E-state index in [4.69, 9.17) is 0 Å². The monoisotopic (exact) mass is 174 g/mol. The number of aromatic hydroxyl groups is 1. The topological polar surface area (TPSA) is 20.2 Å². The van der Waals surface area contributed by atoms with Gasteiger partial charge in [-0.2, -0.15) is 0 Å². The molecule has 0 unspecified atom stereocenters. The molecule has 0 heterocycles. The lowest BCUT2D eigenvalue weighted by molar-refractivity contribution is 0.475. The van der Waals surface area contributed by atoms with Gasteiger partial charge in [-0.3, -0.25) is 0 Å². The van der Waals surface area contributed by atoms with Crippen LogP contribution in [0.15, 0.2) is 24.3 Å². The minimum absolute atomic E-state index is 0.00542. The van der Waals surface area contributed by atoms with Crippen LogP contribution in [0.1, 0.15) is 26.3 Å². The van der Waals surface area contributed by atoms with Gasteiger partial charge in [0.05, 0.1) is 0 Å². The van der Waals surface area contributed by atoms with Crippen LogP contribution in [0.5, 0.6) is 5.75 Å². The summed E-state index contributed by atoms with van der Waals surface area (Å²) in [6, 6.07) is 6.99. The Morgan fingerprint density at radius 1 is 1.23 bits per heavy atom. The van der Waals surface area contributed by atoms with Crippen molar-refractivity contribution >= 4 is 0 Å². The van der Waals surface area contributed by atoms with Gasteiger partial charge >= 0.3 is 0 Å². The lowest BCUT2D eigenvalue weighted by atomic mass is 9.97. The Morgan fingerprint density at radius 3 is 2.46 bits per heavy atom. The van der Waals surface area contributed by atoms with Crippen molar-refractivity contribution in [3.63, 3.8) is 0 Å². The molecule has 1 aromatic rings. The lowest BCUT2D eigenvalue weighted by Gasteiger charge is -2.06. The third kappa shape index (κ3) is 3.66. The Morgan fingerprint density at radius 2 is 1.92 bits per heavy atom. The first-order chi connectivity index (χ1) is 5.97. The average molecular weight is 174 g/mol. The molecule has 0 atom stereocenters. The molecule has 0 bridgehead atoms. The normalized spacial score (nSPS) is 10.4. The van der Waals surface area contributed by atoms with Crippen LogP contribution < -0.4 is 0 Å². The molecule has 0 aromatic heterocycles. The van der Waals surface area contributed by atoms with Crippen molar-refractivity contribution in [1.29, 1.82) is 0 Å². The van der Waals surface area contributed by atoms with Crippen molar-refractivity contribution in [1.82, 2.24) is 0 Å². The predicted octanol–water partition coefficient (Wildman–Crippen LogP) is 2.79. The fraction of sp³-hybridized carbons (Fsp3) is 0.333. The maximum Gasteiger partial charge on any atom is 0.116 e. The zero-order valence-electron chi connectivity index (χ0n) is 8.26. The molecule has 1 rings (SSSR count). The van der Waals surface area contributed by atoms with E-state index in [1.165, 1.54) is 0 Å². The van der Waals surface area contributed by atoms with E-state index in [1.807, 2.05) is 6.07 Å². The molecule has 0 spiro atoms. The molecule has 0 aliphatic carbocycles. The van der Waals surface area contributed by atoms with Gasteiger partial charge in [0, 0.05) is 11.0 Å². The molecule has 0 aliphatic rings. The highest BCUT2D eigenvalue weighted by atomic mass is 16.3. The maximum atomic E-state index is 9.17. The van der Waals surface area contributed by atoms with Crippen LogP contribution in [0.2, 0.25) is 0 Å². The maximum absolute atomic E-state index is 9.17. The molecule has 0 amide bonds. The average Bonchev–Trinajstić information content (AvgIpc) is 2.00. The van der Waals surface area contributed by atoms with Gasteiger partial charge in [0.25, 0.3) is 0 Å². The molecule has 1 heteroatoms. The van der Waals surface area contributed by atoms with Crippen molar-refractivity contribution < 1.29 is 5.11 Å². The van der Waals surface area contributed by atoms with Crippen LogP contribution in [-0.2, 0) is 0 Å². The second kappa shape index (κ2) is 3.53. The smallest absolute Gasteiger partial charge is 0.116 e. The van der Waals surface area contributed by atoms with Gasteiger partial charge in [-0.15, -0.1) is 0 Å². The van der Waals surface area contributed by atoms with Crippen LogP contribution in [0.4, 0.5) is 0 Å². The minimum Gasteiger partial charge on any atom is -0.508 e. The summed E-state index contributed by atoms with van der Waals surface area (Å²) in [5.74, 6) is 6.38. The number of hydrogen-bond donors (Lipinski definition) is 1. The van der Waals surface area contributed by atoms with Gasteiger partial charge in [-0.25, -0.2) is 0 Å². The molecule has 0 saturated heterocycles. The third-order valence-electron chi connectivity index (χ3n) is 1.43. The number of rotatable bonds is 0. The number of hydrogen-bond acceptors (Lipinski definition) is 1. The molecule has 1 aromatic carbocycles. The van der Waals surface area contributed by atoms with Crippen molar-refractivity contribution in [2.45, 2.75) is 20.8 Å². The highest BCUT2D eigenvalue weighted by Gasteiger charge is 2.03. The number of benzene rings is 1. The SMILES string of the molecule is CC(C)(C)C#Cc1cccc(O)c1. The van der Waals surface area contributed by atoms with Crippen molar-refractivity contribution in [3.8, 4) is 17.6 Å². The summed E-state index contributed by atoms with van der Waals surface area (Å²) >= 11 is 0. The Hall–Kier alpha value is -1.42. The third-order valence-corrected chi connectivity index (χ3v) is 1.43. The molecular weight excluding hydrogens is 160 g/mol. The van der Waals surface area contributed by atoms with Gasteiger partial charge in [-0.05, 0) is 39.0 Å². The fourth-order valence-electron chi connectivity index (χ4n) is 0.843. The van der Waals surface area contributed by atoms with E-state index in [0.29, 0.717) is 0 Å². The molecule has 68 valence electrons. The van der Waals surface area contributed by atoms with E-state index in [9.17, 15) is 5.11 Å². The van der Waals surface area contributed by atoms with Crippen LogP contribution in [0.3, 0.4) is 0 Å². The summed E-state index contributed by atoms with van der Waals surface area (Å²) in [6.07, 6.45) is 0. The van der Waals surface area contributed by atoms with Crippen molar-refractivity contribution in [2.24, 2.45) is 5.41 Å². The number of phenolic OH excluding ortho intramolecular Hbond substituents is 1. The Kier molecular flexibility index (Phi) is 2.63. The highest BCUT2D eigenvalue weighted by molar-refractivity contribution is 5.39. The summed E-state index contributed by atoms with van der Waals surface area (Å²) in [5, 5.41) is 9.17. The van der Waals surface area contributed by atoms with E-state index in [0.717, 1.165) is 5.56 Å². The number of phenols is 1. The van der Waals surface area contributed by atoms with E-state index in [1.54, 1.807) is 18.2 Å². The fourth-order valence-corrected chi connectivity index (χ4v) is 0.843. The lowest BCUT2D eigenvalue weighted by Crippen LogP contribution is -1.99. The van der Waals surface area contributed by atoms with Crippen LogP contribution >= 0.6 is 0 Å². The van der Waals surface area contributed by atoms with Crippen LogP contribution in [-0.4, -0.2) is 5.11 Å². The van der Waals surface area contributed by atoms with Crippen LogP contribution in [0.25, 0.3) is 0 Å². The van der Waals surface area contributed by atoms with Crippen LogP contribution in [0, 0.1) is 17.3 Å². The summed E-state index contributed by atoms with van der Waals surface area (Å²) in [6.45, 7) is 6.17. The molecule has 1 N–H and O–H groups in total. The summed E-state index contributed by atoms with van der Waals surface area (Å²) in [4.78, 5) is 0. The molecule has 0 fully saturated rings. The molecule has 0 aliphatic heterocycles. The Labute approximate surface area is 79.4 Å². The Bertz CT molecular complexity index is 347. The van der Waals surface area contributed by atoms with Gasteiger partial charge in [0.15, 0.2) is 0 Å². The van der Waals surface area contributed by atoms with E-state index in [-0.39, 0.29) is 11.2 Å². The van der Waals surface area contributed by atoms with Crippen molar-refractivity contribution in [2.75, 3.05) is 0 Å². The molecule has 13 heavy (non-hydrogen) atoms. The van der Waals surface area contributed by atoms with Gasteiger partial charge in [-0.1, -0.05) is 17.9 Å². The first-order valence-corrected chi connectivity index (χ1v) is 4.29. The summed E-state index contributed by atoms with van der Waals surface area (Å²) in [7, 11) is 0. The molecular formula is C12H14O. The Balaban J connectivity index is 2.90. The van der Waals surface area contributed by atoms with E-state index < -0.39 is 0 Å². The van der Waals surface area contributed by atoms with E-state index >= 15 is 0 Å². The minimum atomic E-state index is 0.00542. The second-order valence-electron chi connectivity index (χ2n) is 4.05. The van der Waals surface area contributed by atoms with Crippen molar-refractivity contribution in [3.05, 3.63) is 29.8 Å². The summed E-state index contributed by atoms with van der Waals surface area (Å²) < 4.78 is 0. The summed E-state index contributed by atoms with van der Waals surface area (Å²) in [5.41, 5.74) is 0.862. The molecule has 0 radical (unpaired) electrons. The zero-order valence-corrected chi connectivity index (χ0v) is 8.26. The molecule has 1 nitrogen and oxygen atoms in total. The second-order valence-corrected chi connectivity index (χ2v) is 4.05. The largest absolute Gasteiger partial charge is 0.508 e. The molecule has 0 saturated carbocycles. The first kappa shape index (κ1) is 9.67. The first-order valence-electron chi connectivity index (χ1n) is 4.29. The zero-order chi connectivity index (χ0) is 9.90.